The Bertz CT molecular complexity index is 735. The second kappa shape index (κ2) is 5.08. The summed E-state index contributed by atoms with van der Waals surface area (Å²) < 4.78 is 5.95. The molecule has 1 aromatic carbocycles. The van der Waals surface area contributed by atoms with E-state index in [-0.39, 0.29) is 11.3 Å². The highest BCUT2D eigenvalue weighted by molar-refractivity contribution is 5.80. The number of carbonyl (C=O) groups is 1. The molecule has 2 aromatic rings. The van der Waals surface area contributed by atoms with Crippen LogP contribution < -0.4 is 5.32 Å². The summed E-state index contributed by atoms with van der Waals surface area (Å²) in [6, 6.07) is 6.34. The Hall–Kier alpha value is -1.85. The average Bonchev–Trinajstić information content (AvgIpc) is 2.83. The van der Waals surface area contributed by atoms with Gasteiger partial charge in [0.15, 0.2) is 0 Å². The minimum Gasteiger partial charge on any atom is -0.460 e. The third-order valence-corrected chi connectivity index (χ3v) is 5.35. The van der Waals surface area contributed by atoms with Crippen LogP contribution in [0, 0.1) is 19.3 Å². The average molecular weight is 314 g/mol. The molecule has 5 heteroatoms. The van der Waals surface area contributed by atoms with Gasteiger partial charge < -0.3 is 14.8 Å². The van der Waals surface area contributed by atoms with Crippen molar-refractivity contribution >= 4 is 16.9 Å². The molecule has 1 aromatic heterocycles. The van der Waals surface area contributed by atoms with E-state index in [1.165, 1.54) is 11.1 Å². The van der Waals surface area contributed by atoms with E-state index >= 15 is 0 Å². The molecule has 2 aliphatic heterocycles. The first-order valence-electron chi connectivity index (χ1n) is 8.12. The number of aliphatic hydroxyl groups is 1. The van der Waals surface area contributed by atoms with E-state index in [1.54, 1.807) is 0 Å². The van der Waals surface area contributed by atoms with Gasteiger partial charge in [0.05, 0.1) is 12.6 Å². The zero-order valence-electron chi connectivity index (χ0n) is 13.6. The molecule has 1 amide bonds. The Morgan fingerprint density at radius 1 is 1.30 bits per heavy atom. The number of benzene rings is 1. The number of carbonyl (C=O) groups excluding carboxylic acids is 1. The molecule has 23 heavy (non-hydrogen) atoms. The Morgan fingerprint density at radius 2 is 2.04 bits per heavy atom. The van der Waals surface area contributed by atoms with Gasteiger partial charge in [0.2, 0.25) is 5.91 Å². The summed E-state index contributed by atoms with van der Waals surface area (Å²) in [4.78, 5) is 13.8. The van der Waals surface area contributed by atoms with Crippen LogP contribution in [0.25, 0.3) is 11.0 Å². The minimum atomic E-state index is -0.447. The van der Waals surface area contributed by atoms with Crippen LogP contribution >= 0.6 is 0 Å². The first-order chi connectivity index (χ1) is 10.9. The third-order valence-electron chi connectivity index (χ3n) is 5.35. The zero-order chi connectivity index (χ0) is 16.2. The third kappa shape index (κ3) is 2.44. The SMILES string of the molecule is Cc1cc2cc(CN3CC4(CC(=O)NCC4O)C3)oc2cc1C. The molecule has 4 rings (SSSR count). The van der Waals surface area contributed by atoms with Gasteiger partial charge >= 0.3 is 0 Å². The Balaban J connectivity index is 1.47. The van der Waals surface area contributed by atoms with Gasteiger partial charge in [0.1, 0.15) is 11.3 Å². The second-order valence-corrected chi connectivity index (χ2v) is 7.19. The smallest absolute Gasteiger partial charge is 0.220 e. The fraction of sp³-hybridized carbons (Fsp3) is 0.500. The maximum absolute atomic E-state index is 11.6. The molecule has 2 saturated heterocycles. The van der Waals surface area contributed by atoms with Crippen molar-refractivity contribution in [3.63, 3.8) is 0 Å². The van der Waals surface area contributed by atoms with Crippen LogP contribution in [0.1, 0.15) is 23.3 Å². The van der Waals surface area contributed by atoms with E-state index in [1.807, 2.05) is 0 Å². The summed E-state index contributed by atoms with van der Waals surface area (Å²) in [7, 11) is 0. The minimum absolute atomic E-state index is 0.0460. The molecule has 0 saturated carbocycles. The lowest BCUT2D eigenvalue weighted by Gasteiger charge is -2.54. The number of hydrogen-bond acceptors (Lipinski definition) is 4. The number of fused-ring (bicyclic) bond motifs is 1. The van der Waals surface area contributed by atoms with Gasteiger partial charge in [-0.25, -0.2) is 0 Å². The Morgan fingerprint density at radius 3 is 2.83 bits per heavy atom. The first kappa shape index (κ1) is 14.7. The van der Waals surface area contributed by atoms with Crippen LogP contribution in [0.4, 0.5) is 0 Å². The molecule has 0 aliphatic carbocycles. The molecule has 1 unspecified atom stereocenters. The van der Waals surface area contributed by atoms with Gasteiger partial charge in [-0.1, -0.05) is 0 Å². The molecular weight excluding hydrogens is 292 g/mol. The van der Waals surface area contributed by atoms with Crippen LogP contribution in [-0.4, -0.2) is 41.7 Å². The van der Waals surface area contributed by atoms with Crippen molar-refractivity contribution in [1.29, 1.82) is 0 Å². The van der Waals surface area contributed by atoms with Crippen LogP contribution in [-0.2, 0) is 11.3 Å². The van der Waals surface area contributed by atoms with Gasteiger partial charge in [-0.05, 0) is 43.2 Å². The van der Waals surface area contributed by atoms with Crippen molar-refractivity contribution in [2.24, 2.45) is 5.41 Å². The number of rotatable bonds is 2. The number of furan rings is 1. The van der Waals surface area contributed by atoms with Gasteiger partial charge in [-0.3, -0.25) is 9.69 Å². The Kier molecular flexibility index (Phi) is 3.25. The van der Waals surface area contributed by atoms with Crippen LogP contribution in [0.15, 0.2) is 22.6 Å². The van der Waals surface area contributed by atoms with Gasteiger partial charge in [-0.2, -0.15) is 0 Å². The van der Waals surface area contributed by atoms with E-state index < -0.39 is 6.10 Å². The highest BCUT2D eigenvalue weighted by Gasteiger charge is 2.51. The molecule has 2 N–H and O–H groups in total. The zero-order valence-corrected chi connectivity index (χ0v) is 13.6. The van der Waals surface area contributed by atoms with Crippen molar-refractivity contribution < 1.29 is 14.3 Å². The van der Waals surface area contributed by atoms with Gasteiger partial charge in [0, 0.05) is 36.9 Å². The number of likely N-dealkylation sites (tertiary alicyclic amines) is 1. The Labute approximate surface area is 135 Å². The quantitative estimate of drug-likeness (QED) is 0.886. The molecule has 5 nitrogen and oxygen atoms in total. The number of hydrogen-bond donors (Lipinski definition) is 2. The van der Waals surface area contributed by atoms with Gasteiger partial charge in [0.25, 0.3) is 0 Å². The number of nitrogens with one attached hydrogen (secondary N) is 1. The molecule has 1 atom stereocenters. The number of β-amino-alcohol motifs (C(OH)–C–C–N with tert-alkyl or cyclic N) is 1. The summed E-state index contributed by atoms with van der Waals surface area (Å²) in [5.41, 5.74) is 3.17. The van der Waals surface area contributed by atoms with Crippen LogP contribution in [0.3, 0.4) is 0 Å². The number of piperidine rings is 1. The number of nitrogens with zero attached hydrogens (tertiary/aromatic N) is 1. The van der Waals surface area contributed by atoms with E-state index in [4.69, 9.17) is 4.42 Å². The largest absolute Gasteiger partial charge is 0.460 e. The summed E-state index contributed by atoms with van der Waals surface area (Å²) in [5.74, 6) is 0.985. The maximum atomic E-state index is 11.6. The topological polar surface area (TPSA) is 65.7 Å². The monoisotopic (exact) mass is 314 g/mol. The molecule has 2 fully saturated rings. The summed E-state index contributed by atoms with van der Waals surface area (Å²) in [6.45, 7) is 6.79. The second-order valence-electron chi connectivity index (χ2n) is 7.19. The number of aliphatic hydroxyl groups excluding tert-OH is 1. The van der Waals surface area contributed by atoms with Gasteiger partial charge in [-0.15, -0.1) is 0 Å². The highest BCUT2D eigenvalue weighted by atomic mass is 16.3. The van der Waals surface area contributed by atoms with Crippen molar-refractivity contribution in [3.05, 3.63) is 35.1 Å². The van der Waals surface area contributed by atoms with E-state index in [0.29, 0.717) is 13.0 Å². The van der Waals surface area contributed by atoms with Crippen molar-refractivity contribution in [2.45, 2.75) is 32.9 Å². The summed E-state index contributed by atoms with van der Waals surface area (Å²) in [5, 5.41) is 14.0. The predicted octanol–water partition coefficient (Wildman–Crippen LogP) is 1.73. The molecular formula is C18H22N2O3. The summed E-state index contributed by atoms with van der Waals surface area (Å²) in [6.07, 6.45) is -0.0270. The lowest BCUT2D eigenvalue weighted by atomic mass is 9.70. The molecule has 122 valence electrons. The fourth-order valence-electron chi connectivity index (χ4n) is 3.86. The highest BCUT2D eigenvalue weighted by Crippen LogP contribution is 2.40. The lowest BCUT2D eigenvalue weighted by Crippen LogP contribution is -2.67. The maximum Gasteiger partial charge on any atom is 0.220 e. The van der Waals surface area contributed by atoms with Crippen molar-refractivity contribution in [3.8, 4) is 0 Å². The lowest BCUT2D eigenvalue weighted by molar-refractivity contribution is -0.149. The molecule has 2 aliphatic rings. The van der Waals surface area contributed by atoms with E-state index in [9.17, 15) is 9.90 Å². The number of amides is 1. The molecule has 3 heterocycles. The van der Waals surface area contributed by atoms with E-state index in [2.05, 4.69) is 42.3 Å². The number of aryl methyl sites for hydroxylation is 2. The fourth-order valence-corrected chi connectivity index (χ4v) is 3.86. The summed E-state index contributed by atoms with van der Waals surface area (Å²) >= 11 is 0. The molecule has 1 spiro atoms. The van der Waals surface area contributed by atoms with E-state index in [0.717, 1.165) is 36.4 Å². The standard InChI is InChI=1S/C18H22N2O3/c1-11-3-13-5-14(23-15(13)4-12(11)2)8-20-9-18(10-20)6-17(22)19-7-16(18)21/h3-5,16,21H,6-10H2,1-2H3,(H,19,22). The first-order valence-corrected chi connectivity index (χ1v) is 8.12. The predicted molar refractivity (Wildman–Crippen MR) is 87.0 cm³/mol. The van der Waals surface area contributed by atoms with Crippen molar-refractivity contribution in [1.82, 2.24) is 10.2 Å². The van der Waals surface area contributed by atoms with Crippen LogP contribution in [0.5, 0.6) is 0 Å². The molecule has 0 bridgehead atoms. The van der Waals surface area contributed by atoms with Crippen LogP contribution in [0.2, 0.25) is 0 Å². The molecule has 0 radical (unpaired) electrons. The van der Waals surface area contributed by atoms with Crippen molar-refractivity contribution in [2.75, 3.05) is 19.6 Å². The normalized spacial score (nSPS) is 24.0.